The van der Waals surface area contributed by atoms with E-state index >= 15 is 0 Å². The van der Waals surface area contributed by atoms with Crippen LogP contribution in [-0.4, -0.2) is 52.7 Å². The SMILES string of the molecule is COC1CC(CC(=O)O)N(C(=O)c2cncc(Br)c2)C1. The Morgan fingerprint density at radius 1 is 1.55 bits per heavy atom. The summed E-state index contributed by atoms with van der Waals surface area (Å²) in [7, 11) is 1.57. The summed E-state index contributed by atoms with van der Waals surface area (Å²) in [4.78, 5) is 28.9. The predicted octanol–water partition coefficient (Wildman–Crippen LogP) is 1.55. The highest BCUT2D eigenvalue weighted by Gasteiger charge is 2.37. The first-order valence-corrected chi connectivity index (χ1v) is 6.96. The number of aromatic nitrogens is 1. The van der Waals surface area contributed by atoms with Gasteiger partial charge in [0, 0.05) is 36.6 Å². The van der Waals surface area contributed by atoms with Crippen molar-refractivity contribution >= 4 is 27.8 Å². The lowest BCUT2D eigenvalue weighted by molar-refractivity contribution is -0.137. The summed E-state index contributed by atoms with van der Waals surface area (Å²) in [5, 5.41) is 8.95. The minimum Gasteiger partial charge on any atom is -0.481 e. The Balaban J connectivity index is 2.19. The van der Waals surface area contributed by atoms with Gasteiger partial charge in [0.1, 0.15) is 0 Å². The van der Waals surface area contributed by atoms with E-state index in [4.69, 9.17) is 9.84 Å². The van der Waals surface area contributed by atoms with Crippen LogP contribution in [0.25, 0.3) is 0 Å². The predicted molar refractivity (Wildman–Crippen MR) is 74.4 cm³/mol. The Bertz CT molecular complexity index is 523. The van der Waals surface area contributed by atoms with Crippen molar-refractivity contribution in [2.24, 2.45) is 0 Å². The molecule has 2 rings (SSSR count). The van der Waals surface area contributed by atoms with Gasteiger partial charge in [-0.2, -0.15) is 0 Å². The van der Waals surface area contributed by atoms with E-state index in [1.54, 1.807) is 24.3 Å². The molecule has 1 aliphatic rings. The van der Waals surface area contributed by atoms with Gasteiger partial charge < -0.3 is 14.7 Å². The average molecular weight is 343 g/mol. The van der Waals surface area contributed by atoms with Crippen molar-refractivity contribution in [1.82, 2.24) is 9.88 Å². The highest BCUT2D eigenvalue weighted by Crippen LogP contribution is 2.25. The molecule has 0 aliphatic carbocycles. The minimum absolute atomic E-state index is 0.0764. The topological polar surface area (TPSA) is 79.7 Å². The third kappa shape index (κ3) is 3.34. The average Bonchev–Trinajstić information content (AvgIpc) is 2.80. The molecule has 2 unspecified atom stereocenters. The number of halogens is 1. The fourth-order valence-electron chi connectivity index (χ4n) is 2.38. The van der Waals surface area contributed by atoms with E-state index in [1.807, 2.05) is 0 Å². The molecule has 1 saturated heterocycles. The molecule has 2 heterocycles. The van der Waals surface area contributed by atoms with Crippen molar-refractivity contribution < 1.29 is 19.4 Å². The van der Waals surface area contributed by atoms with E-state index in [2.05, 4.69) is 20.9 Å². The van der Waals surface area contributed by atoms with Crippen LogP contribution in [0.5, 0.6) is 0 Å². The molecule has 0 radical (unpaired) electrons. The van der Waals surface area contributed by atoms with Gasteiger partial charge in [-0.05, 0) is 28.4 Å². The lowest BCUT2D eigenvalue weighted by atomic mass is 10.1. The van der Waals surface area contributed by atoms with Crippen molar-refractivity contribution in [1.29, 1.82) is 0 Å². The number of aliphatic carboxylic acids is 1. The highest BCUT2D eigenvalue weighted by atomic mass is 79.9. The van der Waals surface area contributed by atoms with Gasteiger partial charge in [-0.3, -0.25) is 14.6 Å². The molecule has 1 aromatic heterocycles. The first-order chi connectivity index (χ1) is 9.51. The standard InChI is InChI=1S/C13H15BrN2O4/c1-20-11-3-10(4-12(17)18)16(7-11)13(19)8-2-9(14)6-15-5-8/h2,5-6,10-11H,3-4,7H2,1H3,(H,17,18). The molecule has 1 amide bonds. The number of amides is 1. The number of pyridine rings is 1. The van der Waals surface area contributed by atoms with E-state index in [9.17, 15) is 9.59 Å². The molecule has 6 nitrogen and oxygen atoms in total. The summed E-state index contributed by atoms with van der Waals surface area (Å²) in [6, 6.07) is 1.33. The fourth-order valence-corrected chi connectivity index (χ4v) is 2.75. The Hall–Kier alpha value is -1.47. The zero-order valence-electron chi connectivity index (χ0n) is 11.0. The number of carboxylic acids is 1. The molecule has 20 heavy (non-hydrogen) atoms. The number of ether oxygens (including phenoxy) is 1. The number of methoxy groups -OCH3 is 1. The molecule has 0 aromatic carbocycles. The maximum Gasteiger partial charge on any atom is 0.305 e. The molecule has 2 atom stereocenters. The van der Waals surface area contributed by atoms with Gasteiger partial charge in [-0.25, -0.2) is 0 Å². The number of hydrogen-bond donors (Lipinski definition) is 1. The zero-order valence-corrected chi connectivity index (χ0v) is 12.5. The van der Waals surface area contributed by atoms with E-state index in [-0.39, 0.29) is 24.5 Å². The van der Waals surface area contributed by atoms with Crippen molar-refractivity contribution in [2.75, 3.05) is 13.7 Å². The molecular formula is C13H15BrN2O4. The van der Waals surface area contributed by atoms with Crippen molar-refractivity contribution in [3.05, 3.63) is 28.5 Å². The number of carboxylic acid groups (broad SMARTS) is 1. The van der Waals surface area contributed by atoms with Crippen LogP contribution in [0.4, 0.5) is 0 Å². The maximum absolute atomic E-state index is 12.5. The number of carbonyl (C=O) groups is 2. The van der Waals surface area contributed by atoms with Gasteiger partial charge in [-0.1, -0.05) is 0 Å². The maximum atomic E-state index is 12.5. The van der Waals surface area contributed by atoms with Crippen LogP contribution in [0, 0.1) is 0 Å². The Morgan fingerprint density at radius 3 is 2.90 bits per heavy atom. The molecule has 0 bridgehead atoms. The summed E-state index contributed by atoms with van der Waals surface area (Å²) in [6.07, 6.45) is 3.41. The van der Waals surface area contributed by atoms with Crippen LogP contribution in [0.3, 0.4) is 0 Å². The zero-order chi connectivity index (χ0) is 14.7. The molecule has 108 valence electrons. The molecule has 1 N–H and O–H groups in total. The number of hydrogen-bond acceptors (Lipinski definition) is 4. The summed E-state index contributed by atoms with van der Waals surface area (Å²) < 4.78 is 5.96. The summed E-state index contributed by atoms with van der Waals surface area (Å²) >= 11 is 3.27. The molecule has 0 spiro atoms. The number of nitrogens with zero attached hydrogens (tertiary/aromatic N) is 2. The van der Waals surface area contributed by atoms with E-state index in [0.29, 0.717) is 23.0 Å². The molecule has 1 aromatic rings. The van der Waals surface area contributed by atoms with E-state index < -0.39 is 5.97 Å². The molecular weight excluding hydrogens is 328 g/mol. The van der Waals surface area contributed by atoms with Crippen LogP contribution < -0.4 is 0 Å². The van der Waals surface area contributed by atoms with Crippen molar-refractivity contribution in [3.63, 3.8) is 0 Å². The second kappa shape index (κ2) is 6.32. The van der Waals surface area contributed by atoms with E-state index in [0.717, 1.165) is 0 Å². The van der Waals surface area contributed by atoms with Crippen LogP contribution >= 0.6 is 15.9 Å². The summed E-state index contributed by atoms with van der Waals surface area (Å²) in [5.41, 5.74) is 0.437. The van der Waals surface area contributed by atoms with Crippen molar-refractivity contribution in [3.8, 4) is 0 Å². The Labute approximate surface area is 124 Å². The van der Waals surface area contributed by atoms with Crippen molar-refractivity contribution in [2.45, 2.75) is 25.0 Å². The summed E-state index contributed by atoms with van der Waals surface area (Å²) in [5.74, 6) is -1.14. The van der Waals surface area contributed by atoms with Crippen LogP contribution in [-0.2, 0) is 9.53 Å². The van der Waals surface area contributed by atoms with Gasteiger partial charge in [0.15, 0.2) is 0 Å². The van der Waals surface area contributed by atoms with Gasteiger partial charge in [0.25, 0.3) is 5.91 Å². The minimum atomic E-state index is -0.920. The molecule has 7 heteroatoms. The second-order valence-electron chi connectivity index (χ2n) is 4.69. The Kier molecular flexibility index (Phi) is 4.72. The van der Waals surface area contributed by atoms with Crippen LogP contribution in [0.2, 0.25) is 0 Å². The lowest BCUT2D eigenvalue weighted by Crippen LogP contribution is -2.37. The number of carbonyl (C=O) groups excluding carboxylic acids is 1. The van der Waals surface area contributed by atoms with Gasteiger partial charge in [0.2, 0.25) is 0 Å². The Morgan fingerprint density at radius 2 is 2.30 bits per heavy atom. The third-order valence-electron chi connectivity index (χ3n) is 3.33. The largest absolute Gasteiger partial charge is 0.481 e. The second-order valence-corrected chi connectivity index (χ2v) is 5.61. The lowest BCUT2D eigenvalue weighted by Gasteiger charge is -2.23. The monoisotopic (exact) mass is 342 g/mol. The smallest absolute Gasteiger partial charge is 0.305 e. The first-order valence-electron chi connectivity index (χ1n) is 6.17. The van der Waals surface area contributed by atoms with E-state index in [1.165, 1.54) is 6.20 Å². The first kappa shape index (κ1) is 14.9. The fraction of sp³-hybridized carbons (Fsp3) is 0.462. The molecule has 1 aliphatic heterocycles. The molecule has 1 fully saturated rings. The van der Waals surface area contributed by atoms with Crippen LogP contribution in [0.15, 0.2) is 22.9 Å². The number of likely N-dealkylation sites (tertiary alicyclic amines) is 1. The quantitative estimate of drug-likeness (QED) is 0.897. The number of rotatable bonds is 4. The highest BCUT2D eigenvalue weighted by molar-refractivity contribution is 9.10. The molecule has 0 saturated carbocycles. The normalized spacial score (nSPS) is 22.0. The van der Waals surface area contributed by atoms with Crippen LogP contribution in [0.1, 0.15) is 23.2 Å². The van der Waals surface area contributed by atoms with Gasteiger partial charge >= 0.3 is 5.97 Å². The summed E-state index contributed by atoms with van der Waals surface area (Å²) in [6.45, 7) is 0.403. The van der Waals surface area contributed by atoms with Gasteiger partial charge in [0.05, 0.1) is 18.1 Å². The van der Waals surface area contributed by atoms with Gasteiger partial charge in [-0.15, -0.1) is 0 Å². The third-order valence-corrected chi connectivity index (χ3v) is 3.77.